The second kappa shape index (κ2) is 12.3. The van der Waals surface area contributed by atoms with Crippen molar-refractivity contribution in [2.24, 2.45) is 5.73 Å². The predicted octanol–water partition coefficient (Wildman–Crippen LogP) is 4.48. The van der Waals surface area contributed by atoms with Gasteiger partial charge in [-0.1, -0.05) is 85.3 Å². The SMILES string of the molecule is NCCCCCNC(=O)CC1Cc2ccccc2CN1C(=O)Cc1ccc(-c2ccccc2)cc1. The van der Waals surface area contributed by atoms with E-state index in [4.69, 9.17) is 5.73 Å². The van der Waals surface area contributed by atoms with Crippen molar-refractivity contribution in [2.45, 2.75) is 51.1 Å². The molecule has 1 unspecified atom stereocenters. The molecule has 0 bridgehead atoms. The van der Waals surface area contributed by atoms with Crippen LogP contribution in [-0.2, 0) is 29.0 Å². The second-order valence-electron chi connectivity index (χ2n) is 9.29. The normalized spacial score (nSPS) is 14.9. The van der Waals surface area contributed by atoms with E-state index in [2.05, 4.69) is 41.7 Å². The largest absolute Gasteiger partial charge is 0.356 e. The molecule has 0 aromatic heterocycles. The van der Waals surface area contributed by atoms with Gasteiger partial charge in [0.25, 0.3) is 0 Å². The molecule has 0 radical (unpaired) electrons. The van der Waals surface area contributed by atoms with Crippen molar-refractivity contribution >= 4 is 11.8 Å². The molecular formula is C30H35N3O2. The van der Waals surface area contributed by atoms with Crippen LogP contribution in [0, 0.1) is 0 Å². The number of amides is 2. The number of fused-ring (bicyclic) bond motifs is 1. The van der Waals surface area contributed by atoms with Crippen LogP contribution >= 0.6 is 0 Å². The van der Waals surface area contributed by atoms with Gasteiger partial charge in [-0.3, -0.25) is 9.59 Å². The summed E-state index contributed by atoms with van der Waals surface area (Å²) in [6.45, 7) is 1.89. The number of carbonyl (C=O) groups excluding carboxylic acids is 2. The summed E-state index contributed by atoms with van der Waals surface area (Å²) in [5.74, 6) is 0.0693. The zero-order valence-corrected chi connectivity index (χ0v) is 20.3. The highest BCUT2D eigenvalue weighted by atomic mass is 16.2. The van der Waals surface area contributed by atoms with E-state index in [-0.39, 0.29) is 17.9 Å². The highest BCUT2D eigenvalue weighted by Gasteiger charge is 2.31. The van der Waals surface area contributed by atoms with Crippen LogP contribution in [0.5, 0.6) is 0 Å². The molecule has 3 N–H and O–H groups in total. The van der Waals surface area contributed by atoms with Gasteiger partial charge in [0.2, 0.25) is 11.8 Å². The van der Waals surface area contributed by atoms with Gasteiger partial charge in [-0.05, 0) is 53.6 Å². The Kier molecular flexibility index (Phi) is 8.68. The number of nitrogens with zero attached hydrogens (tertiary/aromatic N) is 1. The van der Waals surface area contributed by atoms with Gasteiger partial charge >= 0.3 is 0 Å². The van der Waals surface area contributed by atoms with Crippen LogP contribution in [0.1, 0.15) is 42.4 Å². The number of nitrogens with two attached hydrogens (primary N) is 1. The lowest BCUT2D eigenvalue weighted by molar-refractivity contribution is -0.135. The number of carbonyl (C=O) groups is 2. The third-order valence-electron chi connectivity index (χ3n) is 6.72. The van der Waals surface area contributed by atoms with Gasteiger partial charge in [0, 0.05) is 25.6 Å². The van der Waals surface area contributed by atoms with E-state index in [0.717, 1.165) is 36.0 Å². The maximum Gasteiger partial charge on any atom is 0.227 e. The van der Waals surface area contributed by atoms with Gasteiger partial charge in [0.05, 0.1) is 6.42 Å². The van der Waals surface area contributed by atoms with Gasteiger partial charge in [0.1, 0.15) is 0 Å². The van der Waals surface area contributed by atoms with Crippen molar-refractivity contribution in [3.05, 3.63) is 95.6 Å². The van der Waals surface area contributed by atoms with Crippen LogP contribution in [0.2, 0.25) is 0 Å². The minimum absolute atomic E-state index is 0.00661. The Morgan fingerprint density at radius 1 is 0.829 bits per heavy atom. The van der Waals surface area contributed by atoms with E-state index in [1.165, 1.54) is 11.1 Å². The van der Waals surface area contributed by atoms with Crippen LogP contribution in [0.3, 0.4) is 0 Å². The molecular weight excluding hydrogens is 434 g/mol. The molecule has 1 heterocycles. The molecule has 5 heteroatoms. The first-order valence-corrected chi connectivity index (χ1v) is 12.6. The van der Waals surface area contributed by atoms with Crippen LogP contribution < -0.4 is 11.1 Å². The summed E-state index contributed by atoms with van der Waals surface area (Å²) in [5.41, 5.74) is 11.2. The van der Waals surface area contributed by atoms with Crippen molar-refractivity contribution < 1.29 is 9.59 Å². The lowest BCUT2D eigenvalue weighted by atomic mass is 9.91. The minimum Gasteiger partial charge on any atom is -0.356 e. The first-order valence-electron chi connectivity index (χ1n) is 12.6. The standard InChI is InChI=1S/C30H35N3O2/c31-17-7-2-8-18-32-29(34)21-28-20-26-11-5-6-12-27(26)22-33(28)30(35)19-23-13-15-25(16-14-23)24-9-3-1-4-10-24/h1,3-6,9-16,28H,2,7-8,17-22,31H2,(H,32,34). The maximum absolute atomic E-state index is 13.4. The molecule has 182 valence electrons. The lowest BCUT2D eigenvalue weighted by Crippen LogP contribution is -2.47. The molecule has 1 aliphatic rings. The second-order valence-corrected chi connectivity index (χ2v) is 9.29. The van der Waals surface area contributed by atoms with E-state index < -0.39 is 0 Å². The van der Waals surface area contributed by atoms with Gasteiger partial charge in [-0.2, -0.15) is 0 Å². The molecule has 3 aromatic rings. The van der Waals surface area contributed by atoms with Crippen molar-refractivity contribution in [3.63, 3.8) is 0 Å². The van der Waals surface area contributed by atoms with Gasteiger partial charge < -0.3 is 16.0 Å². The van der Waals surface area contributed by atoms with Crippen LogP contribution in [-0.4, -0.2) is 35.8 Å². The minimum atomic E-state index is -0.134. The Bertz CT molecular complexity index is 1110. The van der Waals surface area contributed by atoms with Crippen molar-refractivity contribution in [1.82, 2.24) is 10.2 Å². The summed E-state index contributed by atoms with van der Waals surface area (Å²) < 4.78 is 0. The van der Waals surface area contributed by atoms with E-state index in [1.807, 2.05) is 47.4 Å². The third kappa shape index (κ3) is 6.80. The smallest absolute Gasteiger partial charge is 0.227 e. The highest BCUT2D eigenvalue weighted by molar-refractivity contribution is 5.82. The summed E-state index contributed by atoms with van der Waals surface area (Å²) in [4.78, 5) is 28.0. The summed E-state index contributed by atoms with van der Waals surface area (Å²) in [6, 6.07) is 26.5. The van der Waals surface area contributed by atoms with Crippen molar-refractivity contribution in [1.29, 1.82) is 0 Å². The average Bonchev–Trinajstić information content (AvgIpc) is 2.89. The van der Waals surface area contributed by atoms with Crippen LogP contribution in [0.15, 0.2) is 78.9 Å². The zero-order valence-electron chi connectivity index (χ0n) is 20.3. The summed E-state index contributed by atoms with van der Waals surface area (Å²) in [5, 5.41) is 3.03. The number of unbranched alkanes of at least 4 members (excludes halogenated alkanes) is 2. The Hall–Kier alpha value is -3.44. The molecule has 0 spiro atoms. The molecule has 4 rings (SSSR count). The van der Waals surface area contributed by atoms with Gasteiger partial charge in [0.15, 0.2) is 0 Å². The molecule has 0 saturated carbocycles. The monoisotopic (exact) mass is 469 g/mol. The molecule has 5 nitrogen and oxygen atoms in total. The summed E-state index contributed by atoms with van der Waals surface area (Å²) in [6.07, 6.45) is 4.27. The third-order valence-corrected chi connectivity index (χ3v) is 6.72. The predicted molar refractivity (Wildman–Crippen MR) is 141 cm³/mol. The van der Waals surface area contributed by atoms with Gasteiger partial charge in [-0.25, -0.2) is 0 Å². The Balaban J connectivity index is 1.41. The molecule has 1 atom stereocenters. The number of hydrogen-bond acceptors (Lipinski definition) is 3. The van der Waals surface area contributed by atoms with E-state index in [1.54, 1.807) is 0 Å². The molecule has 35 heavy (non-hydrogen) atoms. The fourth-order valence-corrected chi connectivity index (χ4v) is 4.74. The van der Waals surface area contributed by atoms with E-state index in [9.17, 15) is 9.59 Å². The van der Waals surface area contributed by atoms with Gasteiger partial charge in [-0.15, -0.1) is 0 Å². The maximum atomic E-state index is 13.4. The van der Waals surface area contributed by atoms with Crippen molar-refractivity contribution in [3.8, 4) is 11.1 Å². The number of nitrogens with one attached hydrogen (secondary N) is 1. The van der Waals surface area contributed by atoms with E-state index in [0.29, 0.717) is 38.9 Å². The highest BCUT2D eigenvalue weighted by Crippen LogP contribution is 2.26. The number of rotatable bonds is 10. The van der Waals surface area contributed by atoms with Crippen LogP contribution in [0.4, 0.5) is 0 Å². The first kappa shape index (κ1) is 24.7. The Labute approximate surface area is 208 Å². The van der Waals surface area contributed by atoms with Crippen LogP contribution in [0.25, 0.3) is 11.1 Å². The van der Waals surface area contributed by atoms with Crippen molar-refractivity contribution in [2.75, 3.05) is 13.1 Å². The van der Waals surface area contributed by atoms with E-state index >= 15 is 0 Å². The molecule has 3 aromatic carbocycles. The first-order chi connectivity index (χ1) is 17.1. The molecule has 0 aliphatic carbocycles. The Morgan fingerprint density at radius 2 is 1.51 bits per heavy atom. The topological polar surface area (TPSA) is 75.4 Å². The molecule has 1 aliphatic heterocycles. The summed E-state index contributed by atoms with van der Waals surface area (Å²) >= 11 is 0. The molecule has 2 amide bonds. The fourth-order valence-electron chi connectivity index (χ4n) is 4.74. The number of benzene rings is 3. The molecule has 0 saturated heterocycles. The number of hydrogen-bond donors (Lipinski definition) is 2. The fraction of sp³-hybridized carbons (Fsp3) is 0.333. The average molecular weight is 470 g/mol. The zero-order chi connectivity index (χ0) is 24.5. The lowest BCUT2D eigenvalue weighted by Gasteiger charge is -2.37. The quantitative estimate of drug-likeness (QED) is 0.430. The molecule has 0 fully saturated rings. The Morgan fingerprint density at radius 3 is 2.26 bits per heavy atom. The summed E-state index contributed by atoms with van der Waals surface area (Å²) in [7, 11) is 0.